The number of hydrogen-bond acceptors (Lipinski definition) is 1. The van der Waals surface area contributed by atoms with Crippen LogP contribution >= 0.6 is 0 Å². The Bertz CT molecular complexity index is 355. The molecule has 0 aromatic carbocycles. The molecule has 1 saturated carbocycles. The maximum Gasteiger partial charge on any atom is 0.0164 e. The van der Waals surface area contributed by atoms with Gasteiger partial charge in [-0.05, 0) is 56.4 Å². The average Bonchev–Trinajstić information content (AvgIpc) is 2.43. The molecule has 0 unspecified atom stereocenters. The fourth-order valence-electron chi connectivity index (χ4n) is 3.41. The molecule has 0 aromatic rings. The van der Waals surface area contributed by atoms with Crippen LogP contribution in [0.5, 0.6) is 0 Å². The zero-order valence-corrected chi connectivity index (χ0v) is 13.8. The second kappa shape index (κ2) is 7.83. The van der Waals surface area contributed by atoms with Gasteiger partial charge in [-0.3, -0.25) is 0 Å². The molecular formula is C19H33N. The molecule has 0 heterocycles. The van der Waals surface area contributed by atoms with Gasteiger partial charge in [0.2, 0.25) is 0 Å². The summed E-state index contributed by atoms with van der Waals surface area (Å²) in [5, 5.41) is 3.52. The molecule has 114 valence electrons. The number of nitrogens with one attached hydrogen (secondary N) is 1. The third kappa shape index (κ3) is 4.34. The molecule has 0 aliphatic heterocycles. The van der Waals surface area contributed by atoms with E-state index in [4.69, 9.17) is 0 Å². The Morgan fingerprint density at radius 1 is 1.40 bits per heavy atom. The van der Waals surface area contributed by atoms with E-state index in [1.165, 1.54) is 43.3 Å². The molecule has 0 aromatic heterocycles. The second-order valence-electron chi connectivity index (χ2n) is 6.77. The zero-order valence-electron chi connectivity index (χ0n) is 13.8. The first-order valence-corrected chi connectivity index (χ1v) is 8.12. The minimum absolute atomic E-state index is 0.220. The van der Waals surface area contributed by atoms with Crippen molar-refractivity contribution in [3.63, 3.8) is 0 Å². The van der Waals surface area contributed by atoms with Crippen molar-refractivity contribution in [2.75, 3.05) is 13.1 Å². The Labute approximate surface area is 126 Å². The molecule has 1 nitrogen and oxygen atoms in total. The quantitative estimate of drug-likeness (QED) is 0.479. The van der Waals surface area contributed by atoms with Gasteiger partial charge in [-0.25, -0.2) is 0 Å². The summed E-state index contributed by atoms with van der Waals surface area (Å²) in [6.07, 6.45) is 8.27. The summed E-state index contributed by atoms with van der Waals surface area (Å²) in [6.45, 7) is 21.4. The lowest BCUT2D eigenvalue weighted by atomic mass is 9.61. The van der Waals surface area contributed by atoms with Crippen LogP contribution in [0.4, 0.5) is 0 Å². The molecule has 0 bridgehead atoms. The fourth-order valence-corrected chi connectivity index (χ4v) is 3.41. The molecule has 0 saturated heterocycles. The Balaban J connectivity index is 2.56. The van der Waals surface area contributed by atoms with Crippen molar-refractivity contribution in [1.29, 1.82) is 0 Å². The Hall–Kier alpha value is -0.820. The van der Waals surface area contributed by atoms with Crippen LogP contribution in [0.1, 0.15) is 52.9 Å². The van der Waals surface area contributed by atoms with Gasteiger partial charge in [0, 0.05) is 6.54 Å². The Kier molecular flexibility index (Phi) is 6.75. The van der Waals surface area contributed by atoms with Gasteiger partial charge in [0.15, 0.2) is 0 Å². The van der Waals surface area contributed by atoms with Gasteiger partial charge >= 0.3 is 0 Å². The van der Waals surface area contributed by atoms with Gasteiger partial charge in [-0.15, -0.1) is 6.58 Å². The first kappa shape index (κ1) is 17.2. The van der Waals surface area contributed by atoms with Crippen LogP contribution in [-0.2, 0) is 0 Å². The predicted molar refractivity (Wildman–Crippen MR) is 90.9 cm³/mol. The molecule has 0 spiro atoms. The molecule has 3 atom stereocenters. The van der Waals surface area contributed by atoms with E-state index in [1.807, 2.05) is 0 Å². The summed E-state index contributed by atoms with van der Waals surface area (Å²) in [4.78, 5) is 0. The highest BCUT2D eigenvalue weighted by atomic mass is 14.8. The molecule has 1 fully saturated rings. The summed E-state index contributed by atoms with van der Waals surface area (Å²) < 4.78 is 0. The van der Waals surface area contributed by atoms with Crippen LogP contribution in [0.15, 0.2) is 37.0 Å². The summed E-state index contributed by atoms with van der Waals surface area (Å²) in [7, 11) is 0. The fraction of sp³-hybridized carbons (Fsp3) is 0.684. The Morgan fingerprint density at radius 2 is 2.10 bits per heavy atom. The smallest absolute Gasteiger partial charge is 0.0164 e. The van der Waals surface area contributed by atoms with E-state index in [9.17, 15) is 0 Å². The zero-order chi connectivity index (χ0) is 15.2. The van der Waals surface area contributed by atoms with Gasteiger partial charge in [0.1, 0.15) is 0 Å². The minimum atomic E-state index is 0.220. The number of unbranched alkanes of at least 4 members (excludes halogenated alkanes) is 1. The molecular weight excluding hydrogens is 242 g/mol. The highest BCUT2D eigenvalue weighted by molar-refractivity contribution is 5.16. The first-order chi connectivity index (χ1) is 9.44. The average molecular weight is 275 g/mol. The summed E-state index contributed by atoms with van der Waals surface area (Å²) >= 11 is 0. The number of allylic oxidation sites excluding steroid dienone is 2. The lowest BCUT2D eigenvalue weighted by Crippen LogP contribution is -2.35. The van der Waals surface area contributed by atoms with Gasteiger partial charge in [0.25, 0.3) is 0 Å². The minimum Gasteiger partial charge on any atom is -0.313 e. The van der Waals surface area contributed by atoms with Gasteiger partial charge in [-0.1, -0.05) is 50.6 Å². The summed E-state index contributed by atoms with van der Waals surface area (Å²) in [6, 6.07) is 0. The standard InChI is InChI=1S/C19H33N/c1-7-9-12-20-14-16(5)17-10-11-19(6,8-2)18(13-17)15(3)4/h8,17-18,20H,2-3,5,7,9-14H2,1,4,6H3/t17-,18+,19-/m1/s1. The third-order valence-electron chi connectivity index (χ3n) is 5.05. The summed E-state index contributed by atoms with van der Waals surface area (Å²) in [5.74, 6) is 1.19. The van der Waals surface area contributed by atoms with E-state index < -0.39 is 0 Å². The van der Waals surface area contributed by atoms with Crippen molar-refractivity contribution in [2.24, 2.45) is 17.3 Å². The number of hydrogen-bond donors (Lipinski definition) is 1. The van der Waals surface area contributed by atoms with Crippen LogP contribution in [-0.4, -0.2) is 13.1 Å². The van der Waals surface area contributed by atoms with Crippen molar-refractivity contribution >= 4 is 0 Å². The molecule has 1 rings (SSSR count). The molecule has 20 heavy (non-hydrogen) atoms. The maximum atomic E-state index is 4.33. The summed E-state index contributed by atoms with van der Waals surface area (Å²) in [5.41, 5.74) is 2.89. The lowest BCUT2D eigenvalue weighted by molar-refractivity contribution is 0.168. The molecule has 1 aliphatic rings. The van der Waals surface area contributed by atoms with Gasteiger partial charge < -0.3 is 5.32 Å². The molecule has 0 radical (unpaired) electrons. The van der Waals surface area contributed by atoms with Crippen molar-refractivity contribution in [2.45, 2.75) is 52.9 Å². The van der Waals surface area contributed by atoms with E-state index in [0.717, 1.165) is 13.1 Å². The molecule has 0 amide bonds. The van der Waals surface area contributed by atoms with E-state index >= 15 is 0 Å². The van der Waals surface area contributed by atoms with Gasteiger partial charge in [-0.2, -0.15) is 0 Å². The first-order valence-electron chi connectivity index (χ1n) is 8.12. The van der Waals surface area contributed by atoms with Crippen molar-refractivity contribution < 1.29 is 0 Å². The van der Waals surface area contributed by atoms with Crippen LogP contribution in [0.25, 0.3) is 0 Å². The monoisotopic (exact) mass is 275 g/mol. The molecule has 1 heteroatoms. The molecule has 1 N–H and O–H groups in total. The molecule has 1 aliphatic carbocycles. The second-order valence-corrected chi connectivity index (χ2v) is 6.77. The van der Waals surface area contributed by atoms with E-state index in [1.54, 1.807) is 0 Å². The van der Waals surface area contributed by atoms with Crippen molar-refractivity contribution in [1.82, 2.24) is 5.32 Å². The van der Waals surface area contributed by atoms with Crippen LogP contribution < -0.4 is 5.32 Å². The number of rotatable bonds is 8. The maximum absolute atomic E-state index is 4.33. The van der Waals surface area contributed by atoms with Crippen LogP contribution in [0.3, 0.4) is 0 Å². The van der Waals surface area contributed by atoms with E-state index in [-0.39, 0.29) is 5.41 Å². The van der Waals surface area contributed by atoms with Crippen molar-refractivity contribution in [3.05, 3.63) is 37.0 Å². The van der Waals surface area contributed by atoms with Crippen LogP contribution in [0.2, 0.25) is 0 Å². The third-order valence-corrected chi connectivity index (χ3v) is 5.05. The topological polar surface area (TPSA) is 12.0 Å². The SMILES string of the molecule is C=C[C@]1(C)CC[C@@H](C(=C)CNCCCC)C[C@H]1C(=C)C. The highest BCUT2D eigenvalue weighted by Gasteiger charge is 2.38. The normalized spacial score (nSPS) is 29.9. The highest BCUT2D eigenvalue weighted by Crippen LogP contribution is 2.48. The van der Waals surface area contributed by atoms with E-state index in [0.29, 0.717) is 11.8 Å². The van der Waals surface area contributed by atoms with Gasteiger partial charge in [0.05, 0.1) is 0 Å². The van der Waals surface area contributed by atoms with Crippen LogP contribution in [0, 0.1) is 17.3 Å². The lowest BCUT2D eigenvalue weighted by Gasteiger charge is -2.44. The van der Waals surface area contributed by atoms with Crippen molar-refractivity contribution in [3.8, 4) is 0 Å². The largest absolute Gasteiger partial charge is 0.313 e. The Morgan fingerprint density at radius 3 is 2.65 bits per heavy atom. The van der Waals surface area contributed by atoms with E-state index in [2.05, 4.69) is 51.9 Å². The predicted octanol–water partition coefficient (Wildman–Crippen LogP) is 5.12.